The Balaban J connectivity index is 0.992. The number of carbonyl (C=O) groups excluding carboxylic acids is 1. The SMILES string of the molecule is C=C(Oc1cccc(-c2nc(-c3ccccc3)n[nH]2)c1)c1ccc(C(=O)Oc2cccc(-c3nc(-c4ccccc4)n[nH]3)c2)cc1. The fraction of sp³-hybridized carbons (Fsp3) is 0. The molecule has 7 aromatic rings. The molecule has 9 heteroatoms. The Morgan fingerprint density at radius 2 is 0.978 bits per heavy atom. The number of esters is 1. The standard InChI is InChI=1S/C37H26N6O3/c1-24(45-31-16-8-14-29(22-31)35-38-33(40-42-35)26-10-4-2-5-11-26)25-18-20-28(21-19-25)37(44)46-32-17-9-15-30(23-32)36-39-34(41-43-36)27-12-6-3-7-13-27/h2-23H,1H2,(H,38,40,42)(H,39,41,43). The average Bonchev–Trinajstić information content (AvgIpc) is 3.81. The van der Waals surface area contributed by atoms with Gasteiger partial charge < -0.3 is 9.47 Å². The highest BCUT2D eigenvalue weighted by Gasteiger charge is 2.14. The molecule has 222 valence electrons. The third-order valence-corrected chi connectivity index (χ3v) is 7.14. The van der Waals surface area contributed by atoms with Crippen molar-refractivity contribution in [2.75, 3.05) is 0 Å². The van der Waals surface area contributed by atoms with E-state index in [9.17, 15) is 4.79 Å². The molecule has 0 amide bonds. The van der Waals surface area contributed by atoms with Gasteiger partial charge in [0, 0.05) is 27.8 Å². The van der Waals surface area contributed by atoms with Crippen LogP contribution in [0.15, 0.2) is 140 Å². The van der Waals surface area contributed by atoms with E-state index in [-0.39, 0.29) is 0 Å². The van der Waals surface area contributed by atoms with Gasteiger partial charge in [-0.05, 0) is 36.4 Å². The van der Waals surface area contributed by atoms with Crippen LogP contribution in [0.2, 0.25) is 0 Å². The number of aromatic amines is 2. The van der Waals surface area contributed by atoms with Crippen LogP contribution in [0, 0.1) is 0 Å². The first kappa shape index (κ1) is 28.2. The fourth-order valence-electron chi connectivity index (χ4n) is 4.79. The van der Waals surface area contributed by atoms with Gasteiger partial charge in [-0.1, -0.05) is 104 Å². The first-order chi connectivity index (χ1) is 22.6. The van der Waals surface area contributed by atoms with E-state index in [1.165, 1.54) is 0 Å². The Morgan fingerprint density at radius 3 is 1.50 bits per heavy atom. The molecular formula is C37H26N6O3. The molecule has 0 spiro atoms. The minimum Gasteiger partial charge on any atom is -0.457 e. The minimum absolute atomic E-state index is 0.384. The van der Waals surface area contributed by atoms with Crippen LogP contribution >= 0.6 is 0 Å². The second-order valence-electron chi connectivity index (χ2n) is 10.3. The van der Waals surface area contributed by atoms with Gasteiger partial charge in [-0.25, -0.2) is 14.8 Å². The highest BCUT2D eigenvalue weighted by Crippen LogP contribution is 2.27. The normalized spacial score (nSPS) is 10.8. The van der Waals surface area contributed by atoms with E-state index in [0.717, 1.165) is 27.8 Å². The van der Waals surface area contributed by atoms with Gasteiger partial charge in [0.15, 0.2) is 23.3 Å². The maximum absolute atomic E-state index is 13.0. The number of nitrogens with one attached hydrogen (secondary N) is 2. The van der Waals surface area contributed by atoms with Gasteiger partial charge in [-0.3, -0.25) is 10.2 Å². The molecule has 0 radical (unpaired) electrons. The lowest BCUT2D eigenvalue weighted by Crippen LogP contribution is -2.08. The third-order valence-electron chi connectivity index (χ3n) is 7.14. The molecule has 0 saturated carbocycles. The lowest BCUT2D eigenvalue weighted by atomic mass is 10.1. The summed E-state index contributed by atoms with van der Waals surface area (Å²) < 4.78 is 11.7. The van der Waals surface area contributed by atoms with E-state index in [1.807, 2.05) is 91.0 Å². The Bertz CT molecular complexity index is 1980. The van der Waals surface area contributed by atoms with Crippen molar-refractivity contribution in [3.8, 4) is 57.1 Å². The van der Waals surface area contributed by atoms with Gasteiger partial charge in [-0.15, -0.1) is 0 Å². The summed E-state index contributed by atoms with van der Waals surface area (Å²) in [6.07, 6.45) is 0. The molecule has 46 heavy (non-hydrogen) atoms. The molecule has 0 aliphatic carbocycles. The second-order valence-corrected chi connectivity index (χ2v) is 10.3. The van der Waals surface area contributed by atoms with Crippen LogP contribution in [0.1, 0.15) is 15.9 Å². The van der Waals surface area contributed by atoms with Crippen molar-refractivity contribution in [3.63, 3.8) is 0 Å². The molecule has 0 unspecified atom stereocenters. The van der Waals surface area contributed by atoms with Gasteiger partial charge in [0.1, 0.15) is 17.3 Å². The molecule has 0 atom stereocenters. The average molecular weight is 603 g/mol. The number of benzene rings is 5. The summed E-state index contributed by atoms with van der Waals surface area (Å²) in [5.74, 6) is 3.31. The highest BCUT2D eigenvalue weighted by atomic mass is 16.5. The molecule has 0 aliphatic rings. The Hall–Kier alpha value is -6.61. The van der Waals surface area contributed by atoms with E-state index in [1.54, 1.807) is 42.5 Å². The molecule has 2 aromatic heterocycles. The van der Waals surface area contributed by atoms with Crippen molar-refractivity contribution in [1.82, 2.24) is 30.4 Å². The largest absolute Gasteiger partial charge is 0.457 e. The summed E-state index contributed by atoms with van der Waals surface area (Å²) in [5.41, 5.74) is 4.50. The number of aromatic nitrogens is 6. The molecule has 0 fully saturated rings. The predicted octanol–water partition coefficient (Wildman–Crippen LogP) is 7.86. The van der Waals surface area contributed by atoms with Gasteiger partial charge in [-0.2, -0.15) is 10.2 Å². The van der Waals surface area contributed by atoms with E-state index in [2.05, 4.69) is 36.9 Å². The summed E-state index contributed by atoms with van der Waals surface area (Å²) >= 11 is 0. The molecule has 5 aromatic carbocycles. The first-order valence-corrected chi connectivity index (χ1v) is 14.4. The number of rotatable bonds is 9. The molecule has 2 heterocycles. The Morgan fingerprint density at radius 1 is 0.522 bits per heavy atom. The number of carbonyl (C=O) groups is 1. The van der Waals surface area contributed by atoms with Crippen molar-refractivity contribution >= 4 is 11.7 Å². The fourth-order valence-corrected chi connectivity index (χ4v) is 4.79. The molecule has 7 rings (SSSR count). The van der Waals surface area contributed by atoms with Crippen LogP contribution < -0.4 is 9.47 Å². The van der Waals surface area contributed by atoms with Crippen LogP contribution in [0.5, 0.6) is 11.5 Å². The summed E-state index contributed by atoms with van der Waals surface area (Å²) in [4.78, 5) is 22.2. The molecule has 0 saturated heterocycles. The number of H-pyrrole nitrogens is 2. The summed E-state index contributed by atoms with van der Waals surface area (Å²) in [7, 11) is 0. The Kier molecular flexibility index (Phi) is 7.69. The monoisotopic (exact) mass is 602 g/mol. The summed E-state index contributed by atoms with van der Waals surface area (Å²) in [6.45, 7) is 4.08. The maximum Gasteiger partial charge on any atom is 0.343 e. The number of hydrogen-bond acceptors (Lipinski definition) is 7. The molecule has 9 nitrogen and oxygen atoms in total. The van der Waals surface area contributed by atoms with Crippen molar-refractivity contribution in [2.24, 2.45) is 0 Å². The molecule has 0 aliphatic heterocycles. The smallest absolute Gasteiger partial charge is 0.343 e. The molecule has 0 bridgehead atoms. The zero-order chi connectivity index (χ0) is 31.3. The second kappa shape index (κ2) is 12.6. The zero-order valence-corrected chi connectivity index (χ0v) is 24.4. The lowest BCUT2D eigenvalue weighted by molar-refractivity contribution is 0.0735. The van der Waals surface area contributed by atoms with E-state index in [4.69, 9.17) is 9.47 Å². The van der Waals surface area contributed by atoms with E-state index >= 15 is 0 Å². The van der Waals surface area contributed by atoms with Gasteiger partial charge in [0.2, 0.25) is 0 Å². The summed E-state index contributed by atoms with van der Waals surface area (Å²) in [6, 6.07) is 41.0. The van der Waals surface area contributed by atoms with Crippen molar-refractivity contribution in [2.45, 2.75) is 0 Å². The van der Waals surface area contributed by atoms with E-state index < -0.39 is 5.97 Å². The van der Waals surface area contributed by atoms with Crippen LogP contribution in [-0.4, -0.2) is 36.3 Å². The number of hydrogen-bond donors (Lipinski definition) is 2. The lowest BCUT2D eigenvalue weighted by Gasteiger charge is -2.11. The topological polar surface area (TPSA) is 119 Å². The van der Waals surface area contributed by atoms with E-state index in [0.29, 0.717) is 46.1 Å². The Labute approximate surface area is 264 Å². The van der Waals surface area contributed by atoms with Crippen LogP contribution in [0.3, 0.4) is 0 Å². The van der Waals surface area contributed by atoms with Crippen molar-refractivity contribution in [1.29, 1.82) is 0 Å². The number of ether oxygens (including phenoxy) is 2. The van der Waals surface area contributed by atoms with Gasteiger partial charge in [0.05, 0.1) is 5.56 Å². The predicted molar refractivity (Wildman–Crippen MR) is 176 cm³/mol. The van der Waals surface area contributed by atoms with Gasteiger partial charge >= 0.3 is 5.97 Å². The third kappa shape index (κ3) is 6.20. The molecule has 2 N–H and O–H groups in total. The van der Waals surface area contributed by atoms with Gasteiger partial charge in [0.25, 0.3) is 0 Å². The maximum atomic E-state index is 13.0. The minimum atomic E-state index is -0.493. The zero-order valence-electron chi connectivity index (χ0n) is 24.4. The van der Waals surface area contributed by atoms with Crippen molar-refractivity contribution < 1.29 is 14.3 Å². The van der Waals surface area contributed by atoms with Crippen LogP contribution in [0.25, 0.3) is 51.3 Å². The first-order valence-electron chi connectivity index (χ1n) is 14.4. The number of nitrogens with zero attached hydrogens (tertiary/aromatic N) is 4. The quantitative estimate of drug-likeness (QED) is 0.0981. The van der Waals surface area contributed by atoms with Crippen LogP contribution in [-0.2, 0) is 0 Å². The highest BCUT2D eigenvalue weighted by molar-refractivity contribution is 5.91. The van der Waals surface area contributed by atoms with Crippen molar-refractivity contribution in [3.05, 3.63) is 151 Å². The summed E-state index contributed by atoms with van der Waals surface area (Å²) in [5, 5.41) is 14.6. The van der Waals surface area contributed by atoms with Crippen LogP contribution in [0.4, 0.5) is 0 Å². The molecular weight excluding hydrogens is 576 g/mol.